The lowest BCUT2D eigenvalue weighted by Gasteiger charge is -2.35. The molecule has 1 aliphatic rings. The van der Waals surface area contributed by atoms with Crippen LogP contribution in [0.5, 0.6) is 0 Å². The van der Waals surface area contributed by atoms with Crippen molar-refractivity contribution in [3.63, 3.8) is 0 Å². The molecule has 1 aromatic rings. The van der Waals surface area contributed by atoms with Gasteiger partial charge in [-0.3, -0.25) is 14.9 Å². The summed E-state index contributed by atoms with van der Waals surface area (Å²) in [4.78, 5) is 37.9. The molecule has 1 aromatic carbocycles. The van der Waals surface area contributed by atoms with Gasteiger partial charge in [0, 0.05) is 38.3 Å². The van der Waals surface area contributed by atoms with E-state index in [-0.39, 0.29) is 22.2 Å². The van der Waals surface area contributed by atoms with Gasteiger partial charge in [-0.15, -0.1) is 0 Å². The van der Waals surface area contributed by atoms with Crippen LogP contribution in [0, 0.1) is 10.1 Å². The van der Waals surface area contributed by atoms with E-state index < -0.39 is 16.6 Å². The predicted molar refractivity (Wildman–Crippen MR) is 91.8 cm³/mol. The molecule has 8 nitrogen and oxygen atoms in total. The van der Waals surface area contributed by atoms with Crippen LogP contribution in [-0.4, -0.2) is 58.5 Å². The van der Waals surface area contributed by atoms with Crippen molar-refractivity contribution in [3.05, 3.63) is 38.9 Å². The van der Waals surface area contributed by atoms with E-state index in [1.54, 1.807) is 30.6 Å². The second kappa shape index (κ2) is 7.26. The number of halogens is 1. The van der Waals surface area contributed by atoms with E-state index in [0.29, 0.717) is 26.2 Å². The summed E-state index contributed by atoms with van der Waals surface area (Å²) in [6.07, 6.45) is -0.409. The Kier molecular flexibility index (Phi) is 5.52. The molecule has 136 valence electrons. The van der Waals surface area contributed by atoms with E-state index in [1.807, 2.05) is 0 Å². The minimum absolute atomic E-state index is 0.0359. The molecule has 0 unspecified atom stereocenters. The molecule has 0 aromatic heterocycles. The zero-order valence-corrected chi connectivity index (χ0v) is 15.1. The normalized spacial score (nSPS) is 15.0. The van der Waals surface area contributed by atoms with Crippen LogP contribution in [-0.2, 0) is 4.74 Å². The van der Waals surface area contributed by atoms with E-state index in [1.165, 1.54) is 12.1 Å². The molecule has 0 saturated carbocycles. The van der Waals surface area contributed by atoms with Crippen molar-refractivity contribution < 1.29 is 19.2 Å². The van der Waals surface area contributed by atoms with Gasteiger partial charge in [0.05, 0.1) is 15.5 Å². The Morgan fingerprint density at radius 3 is 2.20 bits per heavy atom. The molecule has 0 spiro atoms. The maximum absolute atomic E-state index is 12.5. The largest absolute Gasteiger partial charge is 0.444 e. The van der Waals surface area contributed by atoms with Crippen molar-refractivity contribution >= 4 is 29.3 Å². The molecular weight excluding hydrogens is 350 g/mol. The smallest absolute Gasteiger partial charge is 0.410 e. The highest BCUT2D eigenvalue weighted by Gasteiger charge is 2.29. The van der Waals surface area contributed by atoms with E-state index in [0.717, 1.165) is 6.07 Å². The third-order valence-electron chi connectivity index (χ3n) is 3.61. The van der Waals surface area contributed by atoms with Crippen molar-refractivity contribution in [1.29, 1.82) is 0 Å². The molecule has 1 heterocycles. The summed E-state index contributed by atoms with van der Waals surface area (Å²) < 4.78 is 5.31. The Morgan fingerprint density at radius 2 is 1.72 bits per heavy atom. The third-order valence-corrected chi connectivity index (χ3v) is 3.93. The van der Waals surface area contributed by atoms with Crippen LogP contribution in [0.4, 0.5) is 10.5 Å². The fourth-order valence-electron chi connectivity index (χ4n) is 2.38. The van der Waals surface area contributed by atoms with Gasteiger partial charge in [-0.1, -0.05) is 11.6 Å². The van der Waals surface area contributed by atoms with Gasteiger partial charge in [0.25, 0.3) is 11.6 Å². The van der Waals surface area contributed by atoms with Gasteiger partial charge in [0.15, 0.2) is 0 Å². The number of nitro groups is 1. The molecular formula is C16H20ClN3O5. The van der Waals surface area contributed by atoms with Gasteiger partial charge >= 0.3 is 6.09 Å². The fourth-order valence-corrected chi connectivity index (χ4v) is 2.64. The number of piperazine rings is 1. The van der Waals surface area contributed by atoms with Gasteiger partial charge in [0.1, 0.15) is 5.60 Å². The summed E-state index contributed by atoms with van der Waals surface area (Å²) in [5.74, 6) is -0.316. The Bertz CT molecular complexity index is 694. The van der Waals surface area contributed by atoms with E-state index in [4.69, 9.17) is 16.3 Å². The number of ether oxygens (including phenoxy) is 1. The minimum Gasteiger partial charge on any atom is -0.444 e. The lowest BCUT2D eigenvalue weighted by atomic mass is 10.1. The molecule has 0 radical (unpaired) electrons. The highest BCUT2D eigenvalue weighted by atomic mass is 35.5. The average Bonchev–Trinajstić information content (AvgIpc) is 2.52. The van der Waals surface area contributed by atoms with Gasteiger partial charge in [0.2, 0.25) is 0 Å². The first-order valence-corrected chi connectivity index (χ1v) is 8.17. The molecule has 0 atom stereocenters. The number of amides is 2. The van der Waals surface area contributed by atoms with Gasteiger partial charge in [-0.25, -0.2) is 4.79 Å². The van der Waals surface area contributed by atoms with E-state index in [9.17, 15) is 19.7 Å². The zero-order chi connectivity index (χ0) is 18.8. The summed E-state index contributed by atoms with van der Waals surface area (Å²) in [6.45, 7) is 6.76. The first-order valence-electron chi connectivity index (χ1n) is 7.79. The van der Waals surface area contributed by atoms with E-state index in [2.05, 4.69) is 0 Å². The number of nitro benzene ring substituents is 1. The maximum Gasteiger partial charge on any atom is 0.410 e. The lowest BCUT2D eigenvalue weighted by molar-refractivity contribution is -0.384. The van der Waals surface area contributed by atoms with Crippen molar-refractivity contribution in [3.8, 4) is 0 Å². The number of carbonyl (C=O) groups is 2. The SMILES string of the molecule is CC(C)(C)OC(=O)N1CCN(C(=O)c2ccc([N+](=O)[O-])cc2Cl)CC1. The number of carbonyl (C=O) groups excluding carboxylic acids is 2. The highest BCUT2D eigenvalue weighted by molar-refractivity contribution is 6.34. The van der Waals surface area contributed by atoms with E-state index >= 15 is 0 Å². The van der Waals surface area contributed by atoms with Crippen molar-refractivity contribution in [2.75, 3.05) is 26.2 Å². The molecule has 0 bridgehead atoms. The molecule has 2 rings (SSSR count). The topological polar surface area (TPSA) is 93.0 Å². The maximum atomic E-state index is 12.5. The van der Waals surface area contributed by atoms with Crippen LogP contribution in [0.25, 0.3) is 0 Å². The Morgan fingerprint density at radius 1 is 1.16 bits per heavy atom. The van der Waals surface area contributed by atoms with Crippen LogP contribution >= 0.6 is 11.6 Å². The summed E-state index contributed by atoms with van der Waals surface area (Å²) in [6, 6.07) is 3.75. The van der Waals surface area contributed by atoms with Crippen molar-refractivity contribution in [2.24, 2.45) is 0 Å². The molecule has 0 aliphatic carbocycles. The van der Waals surface area contributed by atoms with Crippen LogP contribution < -0.4 is 0 Å². The predicted octanol–water partition coefficient (Wildman–Crippen LogP) is 2.94. The van der Waals surface area contributed by atoms with Gasteiger partial charge in [-0.2, -0.15) is 0 Å². The second-order valence-electron chi connectivity index (χ2n) is 6.68. The molecule has 9 heteroatoms. The summed E-state index contributed by atoms with van der Waals surface area (Å²) in [5.41, 5.74) is -0.537. The fraction of sp³-hybridized carbons (Fsp3) is 0.500. The van der Waals surface area contributed by atoms with Crippen LogP contribution in [0.2, 0.25) is 5.02 Å². The number of non-ortho nitro benzene ring substituents is 1. The lowest BCUT2D eigenvalue weighted by Crippen LogP contribution is -2.51. The number of rotatable bonds is 2. The molecule has 2 amide bonds. The third kappa shape index (κ3) is 4.82. The monoisotopic (exact) mass is 369 g/mol. The van der Waals surface area contributed by atoms with Crippen LogP contribution in [0.1, 0.15) is 31.1 Å². The number of benzene rings is 1. The average molecular weight is 370 g/mol. The van der Waals surface area contributed by atoms with Crippen molar-refractivity contribution in [2.45, 2.75) is 26.4 Å². The van der Waals surface area contributed by atoms with Gasteiger partial charge in [-0.05, 0) is 26.8 Å². The first-order chi connectivity index (χ1) is 11.6. The Labute approximate surface area is 150 Å². The Hall–Kier alpha value is -2.35. The molecule has 0 N–H and O–H groups in total. The van der Waals surface area contributed by atoms with Gasteiger partial charge < -0.3 is 14.5 Å². The number of nitrogens with zero attached hydrogens (tertiary/aromatic N) is 3. The zero-order valence-electron chi connectivity index (χ0n) is 14.3. The molecule has 1 saturated heterocycles. The molecule has 1 fully saturated rings. The molecule has 25 heavy (non-hydrogen) atoms. The number of hydrogen-bond acceptors (Lipinski definition) is 5. The van der Waals surface area contributed by atoms with Crippen molar-refractivity contribution in [1.82, 2.24) is 9.80 Å². The first kappa shape index (κ1) is 19.0. The minimum atomic E-state index is -0.573. The second-order valence-corrected chi connectivity index (χ2v) is 7.09. The quantitative estimate of drug-likeness (QED) is 0.590. The molecule has 1 aliphatic heterocycles. The highest BCUT2D eigenvalue weighted by Crippen LogP contribution is 2.24. The Balaban J connectivity index is 2.00. The summed E-state index contributed by atoms with van der Waals surface area (Å²) >= 11 is 6.00. The number of hydrogen-bond donors (Lipinski definition) is 0. The standard InChI is InChI=1S/C16H20ClN3O5/c1-16(2,3)25-15(22)19-8-6-18(7-9-19)14(21)12-5-4-11(20(23)24)10-13(12)17/h4-5,10H,6-9H2,1-3H3. The summed E-state index contributed by atoms with van der Waals surface area (Å²) in [5, 5.41) is 10.8. The van der Waals surface area contributed by atoms with Crippen LogP contribution in [0.15, 0.2) is 18.2 Å². The summed E-state index contributed by atoms with van der Waals surface area (Å²) in [7, 11) is 0. The van der Waals surface area contributed by atoms with Crippen LogP contribution in [0.3, 0.4) is 0 Å².